The Hall–Kier alpha value is -3.50. The van der Waals surface area contributed by atoms with Gasteiger partial charge in [0.2, 0.25) is 0 Å². The second-order valence-electron chi connectivity index (χ2n) is 7.89. The molecular formula is C29H33N4NaO5. The number of aromatic nitrogens is 4. The van der Waals surface area contributed by atoms with E-state index in [0.717, 1.165) is 22.3 Å². The van der Waals surface area contributed by atoms with Crippen molar-refractivity contribution in [1.29, 1.82) is 0 Å². The van der Waals surface area contributed by atoms with E-state index in [1.807, 2.05) is 73.7 Å². The Kier molecular flexibility index (Phi) is 17.8. The third-order valence-electron chi connectivity index (χ3n) is 5.48. The average Bonchev–Trinajstić information content (AvgIpc) is 2.93. The number of benzene rings is 2. The summed E-state index contributed by atoms with van der Waals surface area (Å²) in [6.07, 6.45) is 6.88. The zero-order valence-electron chi connectivity index (χ0n) is 21.4. The first-order valence-electron chi connectivity index (χ1n) is 11.6. The topological polar surface area (TPSA) is 145 Å². The van der Waals surface area contributed by atoms with Crippen molar-refractivity contribution in [2.24, 2.45) is 0 Å². The van der Waals surface area contributed by atoms with E-state index in [2.05, 4.69) is 20.4 Å². The Morgan fingerprint density at radius 1 is 0.718 bits per heavy atom. The SMILES string of the molecule is C.CCOC(=O)CC(c1ccccc1)c1ccnnc1.O=C(O)CC(c1ccccc1)c1ccnnc1.[Na+].[OH-]. The molecule has 2 aromatic heterocycles. The molecule has 0 aliphatic carbocycles. The molecule has 2 N–H and O–H groups in total. The van der Waals surface area contributed by atoms with Crippen LogP contribution in [0.1, 0.15) is 61.3 Å². The van der Waals surface area contributed by atoms with Crippen LogP contribution in [0.15, 0.2) is 97.6 Å². The number of carbonyl (C=O) groups is 2. The number of esters is 1. The molecule has 2 aromatic carbocycles. The molecule has 2 heterocycles. The van der Waals surface area contributed by atoms with Crippen LogP contribution in [0.4, 0.5) is 0 Å². The number of hydrogen-bond donors (Lipinski definition) is 1. The van der Waals surface area contributed by atoms with Gasteiger partial charge in [-0.05, 0) is 41.3 Å². The quantitative estimate of drug-likeness (QED) is 0.249. The molecule has 2 atom stereocenters. The molecule has 0 saturated carbocycles. The molecule has 0 radical (unpaired) electrons. The summed E-state index contributed by atoms with van der Waals surface area (Å²) in [6.45, 7) is 2.21. The summed E-state index contributed by atoms with van der Waals surface area (Å²) in [4.78, 5) is 22.7. The molecule has 4 rings (SSSR count). The number of aliphatic carboxylic acids is 1. The Bertz CT molecular complexity index is 1120. The summed E-state index contributed by atoms with van der Waals surface area (Å²) in [6, 6.07) is 23.1. The molecule has 0 aliphatic heterocycles. The largest absolute Gasteiger partial charge is 1.00 e. The first-order valence-corrected chi connectivity index (χ1v) is 11.6. The Morgan fingerprint density at radius 2 is 1.15 bits per heavy atom. The Morgan fingerprint density at radius 3 is 1.51 bits per heavy atom. The van der Waals surface area contributed by atoms with Crippen molar-refractivity contribution < 1.29 is 54.5 Å². The van der Waals surface area contributed by atoms with Gasteiger partial charge in [0.1, 0.15) is 0 Å². The second-order valence-corrected chi connectivity index (χ2v) is 7.89. The predicted octanol–water partition coefficient (Wildman–Crippen LogP) is 2.11. The van der Waals surface area contributed by atoms with Gasteiger partial charge in [0.15, 0.2) is 0 Å². The van der Waals surface area contributed by atoms with Crippen LogP contribution in [0.5, 0.6) is 0 Å². The molecule has 0 amide bonds. The first-order chi connectivity index (χ1) is 17.6. The third kappa shape index (κ3) is 11.8. The summed E-state index contributed by atoms with van der Waals surface area (Å²) in [5.41, 5.74) is 3.88. The van der Waals surface area contributed by atoms with Gasteiger partial charge in [-0.25, -0.2) is 0 Å². The maximum Gasteiger partial charge on any atom is 1.00 e. The maximum atomic E-state index is 11.7. The van der Waals surface area contributed by atoms with E-state index in [0.29, 0.717) is 13.0 Å². The van der Waals surface area contributed by atoms with Crippen LogP contribution in [0.2, 0.25) is 0 Å². The molecular weight excluding hydrogens is 507 g/mol. The first kappa shape index (κ1) is 35.5. The molecule has 39 heavy (non-hydrogen) atoms. The van der Waals surface area contributed by atoms with E-state index in [1.165, 1.54) is 0 Å². The van der Waals surface area contributed by atoms with E-state index in [4.69, 9.17) is 9.84 Å². The minimum Gasteiger partial charge on any atom is -0.870 e. The molecule has 0 fully saturated rings. The van der Waals surface area contributed by atoms with Crippen molar-refractivity contribution in [2.45, 2.75) is 39.0 Å². The predicted molar refractivity (Wildman–Crippen MR) is 143 cm³/mol. The number of nitrogens with zero attached hydrogens (tertiary/aromatic N) is 4. The fourth-order valence-electron chi connectivity index (χ4n) is 3.80. The van der Waals surface area contributed by atoms with Crippen molar-refractivity contribution >= 4 is 11.9 Å². The van der Waals surface area contributed by atoms with Crippen molar-refractivity contribution in [3.8, 4) is 0 Å². The molecule has 200 valence electrons. The number of carboxylic acids is 1. The van der Waals surface area contributed by atoms with Crippen LogP contribution in [0.25, 0.3) is 0 Å². The smallest absolute Gasteiger partial charge is 0.870 e. The average molecular weight is 541 g/mol. The standard InChI is InChI=1S/C15H16N2O2.C13H12N2O2.CH4.Na.H2O/c1-2-19-15(18)10-14(12-6-4-3-5-7-12)13-8-9-16-17-11-13;16-13(17)8-12(10-4-2-1-3-5-10)11-6-7-14-15-9-11;;;/h3-9,11,14H,2,10H2,1H3;1-7,9,12H,8H2,(H,16,17);1H4;;1H2/q;;;+1;/p-1. The van der Waals surface area contributed by atoms with E-state index in [9.17, 15) is 9.59 Å². The molecule has 10 heteroatoms. The number of hydrogen-bond acceptors (Lipinski definition) is 8. The van der Waals surface area contributed by atoms with Gasteiger partial charge in [-0.2, -0.15) is 20.4 Å². The zero-order chi connectivity index (χ0) is 25.6. The van der Waals surface area contributed by atoms with E-state index >= 15 is 0 Å². The monoisotopic (exact) mass is 540 g/mol. The third-order valence-corrected chi connectivity index (χ3v) is 5.48. The van der Waals surface area contributed by atoms with Gasteiger partial charge in [-0.1, -0.05) is 68.1 Å². The van der Waals surface area contributed by atoms with Crippen molar-refractivity contribution in [2.75, 3.05) is 6.61 Å². The maximum absolute atomic E-state index is 11.7. The van der Waals surface area contributed by atoms with Gasteiger partial charge in [-0.15, -0.1) is 0 Å². The van der Waals surface area contributed by atoms with Gasteiger partial charge < -0.3 is 15.3 Å². The van der Waals surface area contributed by atoms with Crippen molar-refractivity contribution in [3.63, 3.8) is 0 Å². The summed E-state index contributed by atoms with van der Waals surface area (Å²) in [5, 5.41) is 24.1. The molecule has 0 bridgehead atoms. The fourth-order valence-corrected chi connectivity index (χ4v) is 3.80. The van der Waals surface area contributed by atoms with Crippen LogP contribution >= 0.6 is 0 Å². The molecule has 2 unspecified atom stereocenters. The van der Waals surface area contributed by atoms with E-state index in [1.54, 1.807) is 30.9 Å². The Labute approximate surface area is 251 Å². The number of carbonyl (C=O) groups excluding carboxylic acids is 1. The Balaban J connectivity index is 0.000000691. The normalized spacial score (nSPS) is 11.0. The van der Waals surface area contributed by atoms with Crippen molar-refractivity contribution in [1.82, 2.24) is 20.4 Å². The minimum atomic E-state index is -0.823. The van der Waals surface area contributed by atoms with Gasteiger partial charge in [0.05, 0.1) is 31.8 Å². The van der Waals surface area contributed by atoms with Crippen LogP contribution < -0.4 is 29.6 Å². The van der Waals surface area contributed by atoms with Crippen LogP contribution in [0.3, 0.4) is 0 Å². The summed E-state index contributed by atoms with van der Waals surface area (Å²) < 4.78 is 5.04. The molecule has 0 spiro atoms. The summed E-state index contributed by atoms with van der Waals surface area (Å²) in [5.74, 6) is -1.25. The molecule has 0 saturated heterocycles. The molecule has 4 aromatic rings. The number of carboxylic acid groups (broad SMARTS) is 1. The minimum absolute atomic E-state index is 0. The van der Waals surface area contributed by atoms with Crippen LogP contribution in [-0.2, 0) is 14.3 Å². The van der Waals surface area contributed by atoms with Crippen LogP contribution in [0, 0.1) is 0 Å². The molecule has 9 nitrogen and oxygen atoms in total. The number of rotatable bonds is 9. The molecule has 0 aliphatic rings. The van der Waals surface area contributed by atoms with Crippen LogP contribution in [-0.4, -0.2) is 49.5 Å². The van der Waals surface area contributed by atoms with Gasteiger partial charge in [0, 0.05) is 24.2 Å². The van der Waals surface area contributed by atoms with Crippen molar-refractivity contribution in [3.05, 3.63) is 120 Å². The van der Waals surface area contributed by atoms with Gasteiger partial charge in [0.25, 0.3) is 0 Å². The van der Waals surface area contributed by atoms with E-state index in [-0.39, 0.29) is 66.7 Å². The van der Waals surface area contributed by atoms with Gasteiger partial charge >= 0.3 is 41.5 Å². The fraction of sp³-hybridized carbons (Fsp3) is 0.241. The summed E-state index contributed by atoms with van der Waals surface area (Å²) >= 11 is 0. The second kappa shape index (κ2) is 19.6. The van der Waals surface area contributed by atoms with E-state index < -0.39 is 5.97 Å². The number of ether oxygens (including phenoxy) is 1. The van der Waals surface area contributed by atoms with Gasteiger partial charge in [-0.3, -0.25) is 9.59 Å². The summed E-state index contributed by atoms with van der Waals surface area (Å²) in [7, 11) is 0. The zero-order valence-corrected chi connectivity index (χ0v) is 23.4.